The Kier molecular flexibility index (Phi) is 9.22. The van der Waals surface area contributed by atoms with Crippen LogP contribution in [0.2, 0.25) is 5.02 Å². The molecule has 7 nitrogen and oxygen atoms in total. The van der Waals surface area contributed by atoms with Gasteiger partial charge in [0, 0.05) is 29.1 Å². The van der Waals surface area contributed by atoms with Crippen LogP contribution in [0.15, 0.2) is 49.1 Å². The normalized spacial score (nSPS) is 24.7. The quantitative estimate of drug-likeness (QED) is 0.295. The van der Waals surface area contributed by atoms with E-state index in [-0.39, 0.29) is 22.8 Å². The fourth-order valence-corrected chi connectivity index (χ4v) is 8.00. The van der Waals surface area contributed by atoms with E-state index in [1.165, 1.54) is 25.0 Å². The minimum atomic E-state index is -3.79. The number of sulfonamides is 1. The van der Waals surface area contributed by atoms with Crippen LogP contribution >= 0.6 is 11.6 Å². The number of aryl methyl sites for hydroxylation is 1. The van der Waals surface area contributed by atoms with Crippen LogP contribution in [0, 0.1) is 11.8 Å². The standard InChI is InChI=1S/C34H45ClN2O5S/c1-5-7-17-34(39,6-2)29-13-10-26(29)20-37-21-33(16-8-9-24-18-27(35)12-14-28(24)33)22-42-31-15-11-25(19-30(31)37)32(38)36-43(40,41)23(3)4/h6,11-12,14-15,18-19,23,26,29,39H,2,5,7-10,13,16-17,20-22H2,1,3-4H3,(H,36,38)/t26-,29+,33-,34+/m0/s1. The van der Waals surface area contributed by atoms with Crippen molar-refractivity contribution < 1.29 is 23.1 Å². The fraction of sp³-hybridized carbons (Fsp3) is 0.559. The Morgan fingerprint density at radius 2 is 2.07 bits per heavy atom. The Morgan fingerprint density at radius 1 is 1.28 bits per heavy atom. The summed E-state index contributed by atoms with van der Waals surface area (Å²) in [5.41, 5.74) is 2.33. The summed E-state index contributed by atoms with van der Waals surface area (Å²) in [5.74, 6) is 0.340. The van der Waals surface area contributed by atoms with E-state index in [4.69, 9.17) is 16.3 Å². The van der Waals surface area contributed by atoms with E-state index < -0.39 is 26.8 Å². The van der Waals surface area contributed by atoms with Crippen LogP contribution in [0.5, 0.6) is 5.75 Å². The Labute approximate surface area is 261 Å². The number of carbonyl (C=O) groups excluding carboxylic acids is 1. The van der Waals surface area contributed by atoms with E-state index in [0.29, 0.717) is 31.9 Å². The average Bonchev–Trinajstić information content (AvgIpc) is 3.10. The maximum atomic E-state index is 13.1. The summed E-state index contributed by atoms with van der Waals surface area (Å²) in [6.07, 6.45) is 9.24. The third-order valence-electron chi connectivity index (χ3n) is 9.95. The van der Waals surface area contributed by atoms with Gasteiger partial charge in [0.1, 0.15) is 5.75 Å². The Morgan fingerprint density at radius 3 is 2.74 bits per heavy atom. The van der Waals surface area contributed by atoms with Crippen LogP contribution in [-0.4, -0.2) is 50.0 Å². The SMILES string of the molecule is C=C[C@@](O)(CCCC)[C@@H]1CC[C@H]1CN1C[C@@]2(CCCc3cc(Cl)ccc32)COc2ccc(C(=O)NS(=O)(=O)C(C)C)cc21. The highest BCUT2D eigenvalue weighted by Crippen LogP contribution is 2.49. The predicted molar refractivity (Wildman–Crippen MR) is 173 cm³/mol. The molecule has 2 aromatic rings. The van der Waals surface area contributed by atoms with E-state index in [9.17, 15) is 18.3 Å². The van der Waals surface area contributed by atoms with E-state index in [1.807, 2.05) is 6.07 Å². The maximum absolute atomic E-state index is 13.1. The number of rotatable bonds is 10. The zero-order valence-electron chi connectivity index (χ0n) is 25.6. The number of benzene rings is 2. The smallest absolute Gasteiger partial charge is 0.264 e. The molecule has 234 valence electrons. The molecule has 5 rings (SSSR count). The Bertz CT molecular complexity index is 1480. The number of halogens is 1. The van der Waals surface area contributed by atoms with Crippen molar-refractivity contribution in [3.63, 3.8) is 0 Å². The molecule has 9 heteroatoms. The highest BCUT2D eigenvalue weighted by molar-refractivity contribution is 7.90. The molecule has 1 spiro atoms. The molecule has 2 aliphatic carbocycles. The van der Waals surface area contributed by atoms with Gasteiger partial charge in [0.15, 0.2) is 0 Å². The van der Waals surface area contributed by atoms with Crippen molar-refractivity contribution in [2.45, 2.75) is 88.4 Å². The zero-order chi connectivity index (χ0) is 31.0. The van der Waals surface area contributed by atoms with E-state index in [0.717, 1.165) is 55.7 Å². The number of carbonyl (C=O) groups is 1. The Balaban J connectivity index is 1.52. The molecule has 0 aromatic heterocycles. The number of fused-ring (bicyclic) bond motifs is 3. The van der Waals surface area contributed by atoms with Crippen molar-refractivity contribution in [1.82, 2.24) is 4.72 Å². The van der Waals surface area contributed by atoms with Crippen molar-refractivity contribution in [3.8, 4) is 5.75 Å². The van der Waals surface area contributed by atoms with Crippen LogP contribution in [-0.2, 0) is 21.9 Å². The number of nitrogens with zero attached hydrogens (tertiary/aromatic N) is 1. The summed E-state index contributed by atoms with van der Waals surface area (Å²) >= 11 is 6.40. The van der Waals surface area contributed by atoms with Gasteiger partial charge >= 0.3 is 0 Å². The first-order chi connectivity index (χ1) is 20.4. The van der Waals surface area contributed by atoms with Crippen LogP contribution in [0.3, 0.4) is 0 Å². The first-order valence-corrected chi connectivity index (χ1v) is 17.6. The lowest BCUT2D eigenvalue weighted by atomic mass is 9.63. The van der Waals surface area contributed by atoms with Gasteiger partial charge in [-0.1, -0.05) is 43.5 Å². The van der Waals surface area contributed by atoms with Crippen molar-refractivity contribution in [2.24, 2.45) is 11.8 Å². The fourth-order valence-electron chi connectivity index (χ4n) is 7.19. The molecule has 1 saturated carbocycles. The molecule has 0 bridgehead atoms. The molecule has 1 aliphatic heterocycles. The maximum Gasteiger partial charge on any atom is 0.264 e. The lowest BCUT2D eigenvalue weighted by Crippen LogP contribution is -2.52. The number of amides is 1. The van der Waals surface area contributed by atoms with Gasteiger partial charge in [-0.15, -0.1) is 6.58 Å². The van der Waals surface area contributed by atoms with Crippen molar-refractivity contribution in [1.29, 1.82) is 0 Å². The molecule has 43 heavy (non-hydrogen) atoms. The molecular formula is C34H45ClN2O5S. The lowest BCUT2D eigenvalue weighted by molar-refractivity contribution is -0.0513. The van der Waals surface area contributed by atoms with Gasteiger partial charge in [-0.3, -0.25) is 4.79 Å². The molecule has 0 saturated heterocycles. The third-order valence-corrected chi connectivity index (χ3v) is 11.9. The molecule has 1 amide bonds. The summed E-state index contributed by atoms with van der Waals surface area (Å²) in [5, 5.41) is 11.6. The number of hydrogen-bond acceptors (Lipinski definition) is 6. The third kappa shape index (κ3) is 6.34. The molecule has 3 aliphatic rings. The molecule has 0 radical (unpaired) electrons. The zero-order valence-corrected chi connectivity index (χ0v) is 27.1. The highest BCUT2D eigenvalue weighted by Gasteiger charge is 2.47. The van der Waals surface area contributed by atoms with Crippen LogP contribution < -0.4 is 14.4 Å². The van der Waals surface area contributed by atoms with E-state index in [1.54, 1.807) is 24.3 Å². The summed E-state index contributed by atoms with van der Waals surface area (Å²) in [4.78, 5) is 15.5. The van der Waals surface area contributed by atoms with Crippen LogP contribution in [0.25, 0.3) is 0 Å². The predicted octanol–water partition coefficient (Wildman–Crippen LogP) is 6.41. The van der Waals surface area contributed by atoms with Gasteiger partial charge in [-0.25, -0.2) is 13.1 Å². The second-order valence-corrected chi connectivity index (χ2v) is 15.7. The summed E-state index contributed by atoms with van der Waals surface area (Å²) in [6.45, 7) is 11.1. The number of unbranched alkanes of at least 4 members (excludes halogenated alkanes) is 1. The van der Waals surface area contributed by atoms with Gasteiger partial charge in [-0.05, 0) is 106 Å². The molecule has 2 N–H and O–H groups in total. The second-order valence-electron chi connectivity index (χ2n) is 13.1. The molecule has 2 aromatic carbocycles. The number of nitrogens with one attached hydrogen (secondary N) is 1. The van der Waals surface area contributed by atoms with Gasteiger partial charge < -0.3 is 14.7 Å². The molecule has 1 heterocycles. The topological polar surface area (TPSA) is 95.9 Å². The van der Waals surface area contributed by atoms with Gasteiger partial charge in [0.25, 0.3) is 5.91 Å². The van der Waals surface area contributed by atoms with Crippen molar-refractivity contribution >= 4 is 33.2 Å². The number of ether oxygens (including phenoxy) is 1. The second kappa shape index (κ2) is 12.4. The summed E-state index contributed by atoms with van der Waals surface area (Å²) in [6, 6.07) is 11.3. The number of anilines is 1. The summed E-state index contributed by atoms with van der Waals surface area (Å²) < 4.78 is 33.7. The van der Waals surface area contributed by atoms with Gasteiger partial charge in [0.2, 0.25) is 10.0 Å². The molecule has 0 unspecified atom stereocenters. The summed E-state index contributed by atoms with van der Waals surface area (Å²) in [7, 11) is -3.79. The monoisotopic (exact) mass is 628 g/mol. The minimum absolute atomic E-state index is 0.0974. The van der Waals surface area contributed by atoms with E-state index >= 15 is 0 Å². The first kappa shape index (κ1) is 31.9. The lowest BCUT2D eigenvalue weighted by Gasteiger charge is -2.49. The van der Waals surface area contributed by atoms with Gasteiger partial charge in [0.05, 0.1) is 23.1 Å². The number of aliphatic hydroxyl groups is 1. The average molecular weight is 629 g/mol. The first-order valence-electron chi connectivity index (χ1n) is 15.6. The van der Waals surface area contributed by atoms with Crippen molar-refractivity contribution in [3.05, 3.63) is 70.8 Å². The highest BCUT2D eigenvalue weighted by atomic mass is 35.5. The minimum Gasteiger partial charge on any atom is -0.490 e. The molecular weight excluding hydrogens is 584 g/mol. The largest absolute Gasteiger partial charge is 0.490 e. The molecule has 4 atom stereocenters. The van der Waals surface area contributed by atoms with Crippen LogP contribution in [0.1, 0.15) is 87.2 Å². The van der Waals surface area contributed by atoms with Crippen molar-refractivity contribution in [2.75, 3.05) is 24.6 Å². The van der Waals surface area contributed by atoms with Gasteiger partial charge in [-0.2, -0.15) is 0 Å². The molecule has 1 fully saturated rings. The Hall–Kier alpha value is -2.55. The van der Waals surface area contributed by atoms with Crippen LogP contribution in [0.4, 0.5) is 5.69 Å². The number of hydrogen-bond donors (Lipinski definition) is 2. The van der Waals surface area contributed by atoms with E-state index in [2.05, 4.69) is 35.3 Å².